The molecule has 0 unspecified atom stereocenters. The second kappa shape index (κ2) is 7.81. The second-order valence-corrected chi connectivity index (χ2v) is 5.16. The van der Waals surface area contributed by atoms with Gasteiger partial charge in [0.05, 0.1) is 11.6 Å². The average Bonchev–Trinajstić information content (AvgIpc) is 3.08. The molecule has 0 amide bonds. The van der Waals surface area contributed by atoms with Gasteiger partial charge in [-0.2, -0.15) is 5.26 Å². The molecule has 1 aliphatic heterocycles. The molecule has 3 nitrogen and oxygen atoms in total. The van der Waals surface area contributed by atoms with Gasteiger partial charge in [0.15, 0.2) is 0 Å². The number of nitriles is 1. The Hall–Kier alpha value is -1.53. The molecule has 3 rings (SSSR count). The van der Waals surface area contributed by atoms with Crippen molar-refractivity contribution in [2.75, 3.05) is 31.1 Å². The summed E-state index contributed by atoms with van der Waals surface area (Å²) in [5.41, 5.74) is 1.94. The van der Waals surface area contributed by atoms with E-state index in [2.05, 4.69) is 16.3 Å². The number of hydrogen-bond donors (Lipinski definition) is 1. The van der Waals surface area contributed by atoms with Crippen LogP contribution in [0.3, 0.4) is 0 Å². The fourth-order valence-corrected chi connectivity index (χ4v) is 2.55. The van der Waals surface area contributed by atoms with E-state index in [0.717, 1.165) is 31.7 Å². The standard InChI is InChI=1S/C11H13N3.C5H10/c12-9-10-1-3-11(4-2-10)14-7-5-13-6-8-14;1-2-4-5-3-1/h1-4,13H,5-8H2;1-5H2. The van der Waals surface area contributed by atoms with Crippen LogP contribution < -0.4 is 10.2 Å². The molecule has 1 saturated carbocycles. The largest absolute Gasteiger partial charge is 0.369 e. The van der Waals surface area contributed by atoms with Gasteiger partial charge in [-0.3, -0.25) is 0 Å². The summed E-state index contributed by atoms with van der Waals surface area (Å²) in [6, 6.07) is 9.91. The van der Waals surface area contributed by atoms with Crippen LogP contribution in [-0.2, 0) is 0 Å². The van der Waals surface area contributed by atoms with Crippen molar-refractivity contribution in [2.24, 2.45) is 0 Å². The van der Waals surface area contributed by atoms with Crippen LogP contribution >= 0.6 is 0 Å². The van der Waals surface area contributed by atoms with Gasteiger partial charge in [-0.25, -0.2) is 0 Å². The summed E-state index contributed by atoms with van der Waals surface area (Å²) in [6.45, 7) is 4.18. The zero-order valence-corrected chi connectivity index (χ0v) is 11.6. The third-order valence-electron chi connectivity index (χ3n) is 3.73. The van der Waals surface area contributed by atoms with Gasteiger partial charge in [0, 0.05) is 31.9 Å². The van der Waals surface area contributed by atoms with Crippen molar-refractivity contribution in [1.82, 2.24) is 5.32 Å². The summed E-state index contributed by atoms with van der Waals surface area (Å²) in [7, 11) is 0. The summed E-state index contributed by atoms with van der Waals surface area (Å²) in [5, 5.41) is 12.0. The lowest BCUT2D eigenvalue weighted by Crippen LogP contribution is -2.43. The first kappa shape index (κ1) is 13.9. The summed E-state index contributed by atoms with van der Waals surface area (Å²) < 4.78 is 0. The number of piperazine rings is 1. The van der Waals surface area contributed by atoms with Crippen LogP contribution in [0.4, 0.5) is 5.69 Å². The van der Waals surface area contributed by atoms with Crippen molar-refractivity contribution in [2.45, 2.75) is 32.1 Å². The fourth-order valence-electron chi connectivity index (χ4n) is 2.55. The van der Waals surface area contributed by atoms with E-state index in [0.29, 0.717) is 0 Å². The van der Waals surface area contributed by atoms with Crippen LogP contribution in [0.5, 0.6) is 0 Å². The number of rotatable bonds is 1. The number of nitrogens with zero attached hydrogens (tertiary/aromatic N) is 2. The van der Waals surface area contributed by atoms with Gasteiger partial charge in [0.25, 0.3) is 0 Å². The highest BCUT2D eigenvalue weighted by molar-refractivity contribution is 5.49. The maximum Gasteiger partial charge on any atom is 0.0991 e. The average molecular weight is 257 g/mol. The topological polar surface area (TPSA) is 39.1 Å². The van der Waals surface area contributed by atoms with Crippen molar-refractivity contribution < 1.29 is 0 Å². The van der Waals surface area contributed by atoms with E-state index in [1.165, 1.54) is 37.8 Å². The first-order chi connectivity index (χ1) is 9.40. The van der Waals surface area contributed by atoms with Gasteiger partial charge in [-0.1, -0.05) is 32.1 Å². The van der Waals surface area contributed by atoms with Crippen LogP contribution in [0.25, 0.3) is 0 Å². The van der Waals surface area contributed by atoms with Crippen LogP contribution in [0.2, 0.25) is 0 Å². The normalized spacial score (nSPS) is 18.4. The molecule has 0 radical (unpaired) electrons. The Kier molecular flexibility index (Phi) is 5.71. The summed E-state index contributed by atoms with van der Waals surface area (Å²) >= 11 is 0. The Morgan fingerprint density at radius 1 is 0.895 bits per heavy atom. The molecule has 1 aromatic carbocycles. The van der Waals surface area contributed by atoms with Crippen molar-refractivity contribution in [3.8, 4) is 6.07 Å². The Balaban J connectivity index is 0.000000224. The molecule has 0 spiro atoms. The number of nitrogens with one attached hydrogen (secondary N) is 1. The number of hydrogen-bond acceptors (Lipinski definition) is 3. The maximum atomic E-state index is 8.67. The molecule has 0 bridgehead atoms. The molecule has 1 aromatic rings. The number of benzene rings is 1. The molecule has 2 aliphatic rings. The predicted molar refractivity (Wildman–Crippen MR) is 79.3 cm³/mol. The summed E-state index contributed by atoms with van der Waals surface area (Å²) in [4.78, 5) is 2.33. The minimum absolute atomic E-state index is 0.726. The van der Waals surface area contributed by atoms with Crippen LogP contribution in [0, 0.1) is 11.3 Å². The fraction of sp³-hybridized carbons (Fsp3) is 0.562. The Morgan fingerprint density at radius 2 is 1.42 bits per heavy atom. The number of anilines is 1. The summed E-state index contributed by atoms with van der Waals surface area (Å²) in [6.07, 6.45) is 7.50. The first-order valence-electron chi connectivity index (χ1n) is 7.36. The highest BCUT2D eigenvalue weighted by Crippen LogP contribution is 2.15. The highest BCUT2D eigenvalue weighted by Gasteiger charge is 2.09. The quantitative estimate of drug-likeness (QED) is 0.840. The lowest BCUT2D eigenvalue weighted by molar-refractivity contribution is 0.589. The van der Waals surface area contributed by atoms with Gasteiger partial charge in [-0.15, -0.1) is 0 Å². The lowest BCUT2D eigenvalue weighted by atomic mass is 10.2. The van der Waals surface area contributed by atoms with Gasteiger partial charge >= 0.3 is 0 Å². The molecule has 0 aromatic heterocycles. The second-order valence-electron chi connectivity index (χ2n) is 5.16. The predicted octanol–water partition coefficient (Wildman–Crippen LogP) is 2.92. The Morgan fingerprint density at radius 3 is 1.89 bits per heavy atom. The van der Waals surface area contributed by atoms with E-state index in [4.69, 9.17) is 5.26 Å². The molecule has 1 heterocycles. The van der Waals surface area contributed by atoms with E-state index < -0.39 is 0 Å². The van der Waals surface area contributed by atoms with Gasteiger partial charge in [-0.05, 0) is 24.3 Å². The SMILES string of the molecule is C1CCCC1.N#Cc1ccc(N2CCNCC2)cc1. The van der Waals surface area contributed by atoms with E-state index >= 15 is 0 Å². The lowest BCUT2D eigenvalue weighted by Gasteiger charge is -2.29. The third-order valence-corrected chi connectivity index (χ3v) is 3.73. The van der Waals surface area contributed by atoms with E-state index in [1.54, 1.807) is 0 Å². The zero-order chi connectivity index (χ0) is 13.3. The van der Waals surface area contributed by atoms with Crippen LogP contribution in [0.1, 0.15) is 37.7 Å². The van der Waals surface area contributed by atoms with Gasteiger partial charge in [0.1, 0.15) is 0 Å². The van der Waals surface area contributed by atoms with Crippen molar-refractivity contribution in [1.29, 1.82) is 5.26 Å². The molecule has 3 heteroatoms. The Labute approximate surface area is 116 Å². The van der Waals surface area contributed by atoms with Crippen LogP contribution in [-0.4, -0.2) is 26.2 Å². The minimum atomic E-state index is 0.726. The van der Waals surface area contributed by atoms with Crippen molar-refractivity contribution in [3.05, 3.63) is 29.8 Å². The molecule has 1 N–H and O–H groups in total. The van der Waals surface area contributed by atoms with E-state index in [9.17, 15) is 0 Å². The molecule has 2 fully saturated rings. The molecule has 0 atom stereocenters. The highest BCUT2D eigenvalue weighted by atomic mass is 15.2. The Bertz CT molecular complexity index is 387. The molecule has 102 valence electrons. The molecule has 1 aliphatic carbocycles. The van der Waals surface area contributed by atoms with Gasteiger partial charge in [0.2, 0.25) is 0 Å². The third kappa shape index (κ3) is 4.57. The zero-order valence-electron chi connectivity index (χ0n) is 11.6. The monoisotopic (exact) mass is 257 g/mol. The first-order valence-corrected chi connectivity index (χ1v) is 7.36. The summed E-state index contributed by atoms with van der Waals surface area (Å²) in [5.74, 6) is 0. The van der Waals surface area contributed by atoms with Crippen molar-refractivity contribution in [3.63, 3.8) is 0 Å². The van der Waals surface area contributed by atoms with E-state index in [1.807, 2.05) is 24.3 Å². The molecule has 1 saturated heterocycles. The molecule has 19 heavy (non-hydrogen) atoms. The molecular formula is C16H23N3. The van der Waals surface area contributed by atoms with Crippen molar-refractivity contribution >= 4 is 5.69 Å². The van der Waals surface area contributed by atoms with Crippen LogP contribution in [0.15, 0.2) is 24.3 Å². The van der Waals surface area contributed by atoms with E-state index in [-0.39, 0.29) is 0 Å². The smallest absolute Gasteiger partial charge is 0.0991 e. The minimum Gasteiger partial charge on any atom is -0.369 e. The van der Waals surface area contributed by atoms with Gasteiger partial charge < -0.3 is 10.2 Å². The maximum absolute atomic E-state index is 8.67. The molecular weight excluding hydrogens is 234 g/mol.